The summed E-state index contributed by atoms with van der Waals surface area (Å²) in [4.78, 5) is 25.0. The molecule has 2 N–H and O–H groups in total. The van der Waals surface area contributed by atoms with Crippen molar-refractivity contribution in [3.05, 3.63) is 39.3 Å². The fourth-order valence-electron chi connectivity index (χ4n) is 2.42. The Kier molecular flexibility index (Phi) is 7.65. The molecule has 0 unspecified atom stereocenters. The van der Waals surface area contributed by atoms with Gasteiger partial charge in [0, 0.05) is 24.4 Å². The van der Waals surface area contributed by atoms with E-state index in [-0.39, 0.29) is 11.3 Å². The second kappa shape index (κ2) is 10.0. The highest BCUT2D eigenvalue weighted by Gasteiger charge is 2.17. The zero-order chi connectivity index (χ0) is 22.6. The number of thiazole rings is 1. The minimum absolute atomic E-state index is 0.167. The molecule has 3 aromatic rings. The SMILES string of the molecule is CC(C)(C)OC(=O)NCCNc1nc(SCc2cccc(F)c2F)nc2nc(Br)sc12. The molecule has 2 aromatic heterocycles. The number of hydrogen-bond donors (Lipinski definition) is 2. The van der Waals surface area contributed by atoms with E-state index in [4.69, 9.17) is 4.74 Å². The molecule has 0 saturated carbocycles. The quantitative estimate of drug-likeness (QED) is 0.241. The van der Waals surface area contributed by atoms with E-state index in [1.54, 1.807) is 20.8 Å². The van der Waals surface area contributed by atoms with Gasteiger partial charge in [0.1, 0.15) is 10.3 Å². The largest absolute Gasteiger partial charge is 0.444 e. The number of alkyl carbamates (subject to hydrolysis) is 1. The first-order chi connectivity index (χ1) is 14.6. The van der Waals surface area contributed by atoms with Crippen molar-refractivity contribution in [2.75, 3.05) is 18.4 Å². The lowest BCUT2D eigenvalue weighted by Gasteiger charge is -2.19. The maximum absolute atomic E-state index is 13.9. The van der Waals surface area contributed by atoms with Gasteiger partial charge < -0.3 is 15.4 Å². The van der Waals surface area contributed by atoms with Gasteiger partial charge in [-0.2, -0.15) is 0 Å². The van der Waals surface area contributed by atoms with Crippen LogP contribution in [0.5, 0.6) is 0 Å². The smallest absolute Gasteiger partial charge is 0.407 e. The van der Waals surface area contributed by atoms with Crippen molar-refractivity contribution >= 4 is 61.3 Å². The third kappa shape index (κ3) is 6.71. The van der Waals surface area contributed by atoms with Crippen LogP contribution in [0.4, 0.5) is 19.4 Å². The van der Waals surface area contributed by atoms with Crippen LogP contribution < -0.4 is 10.6 Å². The standard InChI is InChI=1S/C19H20BrF2N5O2S2/c1-19(2,3)29-18(28)24-8-7-23-14-13-15(25-16(20)31-13)27-17(26-14)30-9-10-5-4-6-11(21)12(10)22/h4-6H,7-9H2,1-3H3,(H,24,28)(H,23,26,27). The number of nitrogens with one attached hydrogen (secondary N) is 2. The maximum atomic E-state index is 13.9. The molecular formula is C19H20BrF2N5O2S2. The average molecular weight is 532 g/mol. The van der Waals surface area contributed by atoms with Gasteiger partial charge in [-0.05, 0) is 42.8 Å². The molecule has 0 aliphatic carbocycles. The van der Waals surface area contributed by atoms with Gasteiger partial charge in [-0.3, -0.25) is 0 Å². The highest BCUT2D eigenvalue weighted by Crippen LogP contribution is 2.32. The molecule has 0 saturated heterocycles. The van der Waals surface area contributed by atoms with Crippen molar-refractivity contribution in [3.8, 4) is 0 Å². The van der Waals surface area contributed by atoms with Gasteiger partial charge in [-0.1, -0.05) is 23.9 Å². The molecule has 1 aromatic carbocycles. The van der Waals surface area contributed by atoms with Crippen molar-refractivity contribution in [2.45, 2.75) is 37.3 Å². The van der Waals surface area contributed by atoms with Crippen molar-refractivity contribution in [1.82, 2.24) is 20.3 Å². The Labute approximate surface area is 194 Å². The van der Waals surface area contributed by atoms with E-state index < -0.39 is 23.3 Å². The van der Waals surface area contributed by atoms with E-state index in [0.717, 1.165) is 10.8 Å². The van der Waals surface area contributed by atoms with Crippen molar-refractivity contribution in [3.63, 3.8) is 0 Å². The normalized spacial score (nSPS) is 11.5. The van der Waals surface area contributed by atoms with Crippen LogP contribution in [0.2, 0.25) is 0 Å². The number of aromatic nitrogens is 3. The number of nitrogens with zero attached hydrogens (tertiary/aromatic N) is 3. The van der Waals surface area contributed by atoms with E-state index in [9.17, 15) is 13.6 Å². The third-order valence-corrected chi connectivity index (χ3v) is 6.08. The topological polar surface area (TPSA) is 89.0 Å². The number of anilines is 1. The first-order valence-electron chi connectivity index (χ1n) is 9.23. The van der Waals surface area contributed by atoms with Crippen LogP contribution >= 0.6 is 39.0 Å². The Bertz CT molecular complexity index is 1090. The predicted molar refractivity (Wildman–Crippen MR) is 122 cm³/mol. The molecule has 3 rings (SSSR count). The Morgan fingerprint density at radius 2 is 2.00 bits per heavy atom. The fraction of sp³-hybridized carbons (Fsp3) is 0.368. The minimum Gasteiger partial charge on any atom is -0.444 e. The predicted octanol–water partition coefficient (Wildman–Crippen LogP) is 5.36. The number of rotatable bonds is 7. The second-order valence-corrected chi connectivity index (χ2v) is 10.5. The summed E-state index contributed by atoms with van der Waals surface area (Å²) in [5, 5.41) is 6.20. The lowest BCUT2D eigenvalue weighted by Crippen LogP contribution is -2.35. The van der Waals surface area contributed by atoms with Gasteiger partial charge in [0.05, 0.1) is 0 Å². The first kappa shape index (κ1) is 23.6. The van der Waals surface area contributed by atoms with Gasteiger partial charge in [0.25, 0.3) is 0 Å². The van der Waals surface area contributed by atoms with Crippen LogP contribution in [0, 0.1) is 11.6 Å². The third-order valence-electron chi connectivity index (χ3n) is 3.68. The lowest BCUT2D eigenvalue weighted by atomic mass is 10.2. The molecule has 2 heterocycles. The highest BCUT2D eigenvalue weighted by atomic mass is 79.9. The van der Waals surface area contributed by atoms with Gasteiger partial charge in [-0.25, -0.2) is 28.5 Å². The summed E-state index contributed by atoms with van der Waals surface area (Å²) < 4.78 is 33.9. The number of fused-ring (bicyclic) bond motifs is 1. The number of carbonyl (C=O) groups is 1. The molecule has 0 radical (unpaired) electrons. The molecule has 0 aliphatic heterocycles. The Hall–Kier alpha value is -2.05. The van der Waals surface area contributed by atoms with Crippen LogP contribution in [0.15, 0.2) is 27.3 Å². The number of hydrogen-bond acceptors (Lipinski definition) is 8. The zero-order valence-electron chi connectivity index (χ0n) is 17.0. The second-order valence-electron chi connectivity index (χ2n) is 7.33. The molecule has 166 valence electrons. The minimum atomic E-state index is -0.891. The van der Waals surface area contributed by atoms with E-state index in [2.05, 4.69) is 41.5 Å². The number of amides is 1. The van der Waals surface area contributed by atoms with Crippen LogP contribution in [-0.4, -0.2) is 39.7 Å². The Morgan fingerprint density at radius 3 is 2.74 bits per heavy atom. The molecule has 7 nitrogen and oxygen atoms in total. The molecule has 1 amide bonds. The number of halogens is 3. The summed E-state index contributed by atoms with van der Waals surface area (Å²) in [5.74, 6) is -1.06. The fourth-order valence-corrected chi connectivity index (χ4v) is 4.59. The summed E-state index contributed by atoms with van der Waals surface area (Å²) in [7, 11) is 0. The molecule has 31 heavy (non-hydrogen) atoms. The molecule has 0 spiro atoms. The van der Waals surface area contributed by atoms with Gasteiger partial charge in [-0.15, -0.1) is 11.3 Å². The van der Waals surface area contributed by atoms with Gasteiger partial charge in [0.15, 0.2) is 32.2 Å². The monoisotopic (exact) mass is 531 g/mol. The summed E-state index contributed by atoms with van der Waals surface area (Å²) in [6.07, 6.45) is -0.504. The van der Waals surface area contributed by atoms with Crippen LogP contribution in [0.25, 0.3) is 10.3 Å². The van der Waals surface area contributed by atoms with Gasteiger partial charge in [0.2, 0.25) is 0 Å². The molecular weight excluding hydrogens is 512 g/mol. The zero-order valence-corrected chi connectivity index (χ0v) is 20.2. The summed E-state index contributed by atoms with van der Waals surface area (Å²) in [6.45, 7) is 6.08. The van der Waals surface area contributed by atoms with Crippen LogP contribution in [0.3, 0.4) is 0 Å². The van der Waals surface area contributed by atoms with Crippen LogP contribution in [0.1, 0.15) is 26.3 Å². The molecule has 0 bridgehead atoms. The molecule has 0 fully saturated rings. The summed E-state index contributed by atoms with van der Waals surface area (Å²) in [5.41, 5.74) is 0.138. The van der Waals surface area contributed by atoms with Crippen molar-refractivity contribution in [2.24, 2.45) is 0 Å². The molecule has 0 atom stereocenters. The van der Waals surface area contributed by atoms with E-state index in [0.29, 0.717) is 33.6 Å². The van der Waals surface area contributed by atoms with E-state index >= 15 is 0 Å². The average Bonchev–Trinajstić information content (AvgIpc) is 3.05. The van der Waals surface area contributed by atoms with Crippen molar-refractivity contribution in [1.29, 1.82) is 0 Å². The number of ether oxygens (including phenoxy) is 1. The summed E-state index contributed by atoms with van der Waals surface area (Å²) in [6, 6.07) is 4.05. The van der Waals surface area contributed by atoms with Crippen LogP contribution in [-0.2, 0) is 10.5 Å². The van der Waals surface area contributed by atoms with Gasteiger partial charge >= 0.3 is 6.09 Å². The number of carbonyl (C=O) groups excluding carboxylic acids is 1. The summed E-state index contributed by atoms with van der Waals surface area (Å²) >= 11 is 5.89. The maximum Gasteiger partial charge on any atom is 0.407 e. The Morgan fingerprint density at radius 1 is 1.23 bits per heavy atom. The molecule has 12 heteroatoms. The highest BCUT2D eigenvalue weighted by molar-refractivity contribution is 9.11. The Balaban J connectivity index is 1.67. The van der Waals surface area contributed by atoms with Crippen molar-refractivity contribution < 1.29 is 18.3 Å². The number of benzene rings is 1. The first-order valence-corrected chi connectivity index (χ1v) is 11.8. The lowest BCUT2D eigenvalue weighted by molar-refractivity contribution is 0.0530. The number of thioether (sulfide) groups is 1. The van der Waals surface area contributed by atoms with E-state index in [1.807, 2.05) is 0 Å². The molecule has 0 aliphatic rings. The van der Waals surface area contributed by atoms with E-state index in [1.165, 1.54) is 35.2 Å².